The molecule has 1 aromatic carbocycles. The molecule has 0 saturated carbocycles. The highest BCUT2D eigenvalue weighted by Crippen LogP contribution is 2.17. The van der Waals surface area contributed by atoms with Crippen LogP contribution in [0.3, 0.4) is 0 Å². The third-order valence-electron chi connectivity index (χ3n) is 2.35. The predicted molar refractivity (Wildman–Crippen MR) is 64.0 cm³/mol. The van der Waals surface area contributed by atoms with Gasteiger partial charge in [0.15, 0.2) is 0 Å². The lowest BCUT2D eigenvalue weighted by Crippen LogP contribution is -2.20. The van der Waals surface area contributed by atoms with Crippen LogP contribution in [0.15, 0.2) is 41.2 Å². The van der Waals surface area contributed by atoms with Gasteiger partial charge in [-0.3, -0.25) is 4.79 Å². The summed E-state index contributed by atoms with van der Waals surface area (Å²) < 4.78 is 1.43. The molecule has 16 heavy (non-hydrogen) atoms. The van der Waals surface area contributed by atoms with Crippen molar-refractivity contribution >= 4 is 5.69 Å². The van der Waals surface area contributed by atoms with E-state index < -0.39 is 0 Å². The lowest BCUT2D eigenvalue weighted by atomic mass is 10.1. The zero-order chi connectivity index (χ0) is 11.5. The van der Waals surface area contributed by atoms with E-state index >= 15 is 0 Å². The average Bonchev–Trinajstić information content (AvgIpc) is 2.29. The molecule has 0 spiro atoms. The molecule has 2 N–H and O–H groups in total. The third-order valence-corrected chi connectivity index (χ3v) is 2.35. The van der Waals surface area contributed by atoms with Gasteiger partial charge in [0.25, 0.3) is 5.56 Å². The molecular weight excluding hydrogens is 202 g/mol. The topological polar surface area (TPSA) is 60.9 Å². The normalized spacial score (nSPS) is 10.3. The minimum atomic E-state index is -0.0878. The van der Waals surface area contributed by atoms with E-state index in [9.17, 15) is 4.79 Å². The molecule has 4 nitrogen and oxygen atoms in total. The number of nitrogens with two attached hydrogens (primary N) is 1. The Morgan fingerprint density at radius 3 is 2.81 bits per heavy atom. The molecule has 0 aliphatic carbocycles. The first-order valence-electron chi connectivity index (χ1n) is 5.15. The maximum Gasteiger partial charge on any atom is 0.266 e. The van der Waals surface area contributed by atoms with Crippen molar-refractivity contribution < 1.29 is 0 Å². The summed E-state index contributed by atoms with van der Waals surface area (Å²) in [5, 5.41) is 4.25. The van der Waals surface area contributed by atoms with Crippen molar-refractivity contribution in [2.24, 2.45) is 0 Å². The SMILES string of the molecule is CCn1nc(-c2cccc(N)c2)ccc1=O. The fourth-order valence-corrected chi connectivity index (χ4v) is 1.53. The summed E-state index contributed by atoms with van der Waals surface area (Å²) in [7, 11) is 0. The quantitative estimate of drug-likeness (QED) is 0.772. The average molecular weight is 215 g/mol. The van der Waals surface area contributed by atoms with Crippen molar-refractivity contribution in [1.29, 1.82) is 0 Å². The Labute approximate surface area is 93.3 Å². The number of nitrogens with zero attached hydrogens (tertiary/aromatic N) is 2. The van der Waals surface area contributed by atoms with E-state index in [2.05, 4.69) is 5.10 Å². The number of hydrogen-bond donors (Lipinski definition) is 1. The van der Waals surface area contributed by atoms with E-state index in [1.165, 1.54) is 10.7 Å². The Balaban J connectivity index is 2.52. The lowest BCUT2D eigenvalue weighted by Gasteiger charge is -2.05. The summed E-state index contributed by atoms with van der Waals surface area (Å²) in [5.41, 5.74) is 7.98. The van der Waals surface area contributed by atoms with E-state index in [1.807, 2.05) is 31.2 Å². The molecule has 0 saturated heterocycles. The van der Waals surface area contributed by atoms with Crippen LogP contribution < -0.4 is 11.3 Å². The number of benzene rings is 1. The summed E-state index contributed by atoms with van der Waals surface area (Å²) in [4.78, 5) is 11.4. The molecule has 0 atom stereocenters. The monoisotopic (exact) mass is 215 g/mol. The van der Waals surface area contributed by atoms with Gasteiger partial charge in [0.05, 0.1) is 5.69 Å². The van der Waals surface area contributed by atoms with Crippen molar-refractivity contribution in [3.8, 4) is 11.3 Å². The van der Waals surface area contributed by atoms with Crippen LogP contribution in [0.1, 0.15) is 6.92 Å². The second-order valence-corrected chi connectivity index (χ2v) is 3.50. The Bertz CT molecular complexity index is 560. The number of aromatic nitrogens is 2. The molecule has 2 rings (SSSR count). The highest BCUT2D eigenvalue weighted by atomic mass is 16.1. The molecule has 82 valence electrons. The fraction of sp³-hybridized carbons (Fsp3) is 0.167. The molecule has 1 heterocycles. The largest absolute Gasteiger partial charge is 0.399 e. The number of hydrogen-bond acceptors (Lipinski definition) is 3. The fourth-order valence-electron chi connectivity index (χ4n) is 1.53. The highest BCUT2D eigenvalue weighted by molar-refractivity contribution is 5.63. The van der Waals surface area contributed by atoms with Gasteiger partial charge >= 0.3 is 0 Å². The maximum atomic E-state index is 11.4. The minimum absolute atomic E-state index is 0.0878. The molecule has 0 aliphatic heterocycles. The molecule has 2 aromatic rings. The number of rotatable bonds is 2. The van der Waals surface area contributed by atoms with E-state index in [0.29, 0.717) is 12.2 Å². The van der Waals surface area contributed by atoms with E-state index in [0.717, 1.165) is 11.3 Å². The van der Waals surface area contributed by atoms with Gasteiger partial charge in [-0.05, 0) is 25.1 Å². The first-order chi connectivity index (χ1) is 7.70. The van der Waals surface area contributed by atoms with Crippen molar-refractivity contribution in [3.63, 3.8) is 0 Å². The van der Waals surface area contributed by atoms with Gasteiger partial charge in [0.2, 0.25) is 0 Å². The van der Waals surface area contributed by atoms with Crippen LogP contribution in [0.25, 0.3) is 11.3 Å². The predicted octanol–water partition coefficient (Wildman–Crippen LogP) is 1.51. The van der Waals surface area contributed by atoms with Crippen molar-refractivity contribution in [2.45, 2.75) is 13.5 Å². The van der Waals surface area contributed by atoms with Crippen LogP contribution in [0.2, 0.25) is 0 Å². The van der Waals surface area contributed by atoms with E-state index in [1.54, 1.807) is 6.07 Å². The van der Waals surface area contributed by atoms with Gasteiger partial charge in [-0.15, -0.1) is 0 Å². The van der Waals surface area contributed by atoms with Crippen molar-refractivity contribution in [1.82, 2.24) is 9.78 Å². The molecule has 0 radical (unpaired) electrons. The summed E-state index contributed by atoms with van der Waals surface area (Å²) >= 11 is 0. The van der Waals surface area contributed by atoms with Crippen LogP contribution in [0.5, 0.6) is 0 Å². The first-order valence-corrected chi connectivity index (χ1v) is 5.15. The molecule has 4 heteroatoms. The molecule has 0 fully saturated rings. The Morgan fingerprint density at radius 2 is 2.12 bits per heavy atom. The minimum Gasteiger partial charge on any atom is -0.399 e. The summed E-state index contributed by atoms with van der Waals surface area (Å²) in [6.07, 6.45) is 0. The summed E-state index contributed by atoms with van der Waals surface area (Å²) in [5.74, 6) is 0. The van der Waals surface area contributed by atoms with Crippen molar-refractivity contribution in [2.75, 3.05) is 5.73 Å². The molecule has 0 aliphatic rings. The van der Waals surface area contributed by atoms with Gasteiger partial charge in [-0.25, -0.2) is 4.68 Å². The maximum absolute atomic E-state index is 11.4. The second kappa shape index (κ2) is 4.18. The van der Waals surface area contributed by atoms with Crippen molar-refractivity contribution in [3.05, 3.63) is 46.8 Å². The summed E-state index contributed by atoms with van der Waals surface area (Å²) in [6.45, 7) is 2.45. The molecule has 0 bridgehead atoms. The Hall–Kier alpha value is -2.10. The van der Waals surface area contributed by atoms with Crippen LogP contribution in [-0.4, -0.2) is 9.78 Å². The number of aryl methyl sites for hydroxylation is 1. The number of anilines is 1. The van der Waals surface area contributed by atoms with Crippen LogP contribution in [-0.2, 0) is 6.54 Å². The zero-order valence-electron chi connectivity index (χ0n) is 9.05. The van der Waals surface area contributed by atoms with Crippen LogP contribution >= 0.6 is 0 Å². The standard InChI is InChI=1S/C12H13N3O/c1-2-15-12(16)7-6-11(14-15)9-4-3-5-10(13)8-9/h3-8H,2,13H2,1H3. The molecule has 0 unspecified atom stereocenters. The zero-order valence-corrected chi connectivity index (χ0v) is 9.05. The molecular formula is C12H13N3O. The smallest absolute Gasteiger partial charge is 0.266 e. The second-order valence-electron chi connectivity index (χ2n) is 3.50. The van der Waals surface area contributed by atoms with Crippen LogP contribution in [0.4, 0.5) is 5.69 Å². The molecule has 1 aromatic heterocycles. The summed E-state index contributed by atoms with van der Waals surface area (Å²) in [6, 6.07) is 10.7. The van der Waals surface area contributed by atoms with Gasteiger partial charge in [0, 0.05) is 23.9 Å². The third kappa shape index (κ3) is 1.95. The van der Waals surface area contributed by atoms with Gasteiger partial charge in [-0.2, -0.15) is 5.10 Å². The van der Waals surface area contributed by atoms with E-state index in [4.69, 9.17) is 5.73 Å². The molecule has 0 amide bonds. The van der Waals surface area contributed by atoms with Gasteiger partial charge < -0.3 is 5.73 Å². The van der Waals surface area contributed by atoms with Gasteiger partial charge in [-0.1, -0.05) is 12.1 Å². The lowest BCUT2D eigenvalue weighted by molar-refractivity contribution is 0.619. The first kappa shape index (κ1) is 10.4. The highest BCUT2D eigenvalue weighted by Gasteiger charge is 2.02. The Kier molecular flexibility index (Phi) is 2.72. The Morgan fingerprint density at radius 1 is 1.31 bits per heavy atom. The van der Waals surface area contributed by atoms with Gasteiger partial charge in [0.1, 0.15) is 0 Å². The van der Waals surface area contributed by atoms with E-state index in [-0.39, 0.29) is 5.56 Å². The number of nitrogen functional groups attached to an aromatic ring is 1. The van der Waals surface area contributed by atoms with Crippen LogP contribution in [0, 0.1) is 0 Å².